The molecule has 0 radical (unpaired) electrons. The van der Waals surface area contributed by atoms with E-state index in [0.29, 0.717) is 23.5 Å². The standard InChI is InChI=1S/C19H21N5O3/c1-12-5-4-6-15(7-12)9-24-14(3)18(13(2)22-24)21-19(27)16-8-20-23(10-16)11-17(25)26/h4-8,10H,9,11H2,1-3H3,(H,21,27)(H,25,26). The quantitative estimate of drug-likeness (QED) is 0.696. The largest absolute Gasteiger partial charge is 0.480 e. The van der Waals surface area contributed by atoms with Crippen molar-refractivity contribution in [2.24, 2.45) is 0 Å². The average molecular weight is 367 g/mol. The molecule has 27 heavy (non-hydrogen) atoms. The minimum Gasteiger partial charge on any atom is -0.480 e. The summed E-state index contributed by atoms with van der Waals surface area (Å²) in [5, 5.41) is 20.1. The number of nitrogens with zero attached hydrogens (tertiary/aromatic N) is 4. The first-order valence-electron chi connectivity index (χ1n) is 8.48. The van der Waals surface area contributed by atoms with Crippen LogP contribution in [0.4, 0.5) is 5.69 Å². The van der Waals surface area contributed by atoms with Gasteiger partial charge in [0.2, 0.25) is 0 Å². The number of aromatic nitrogens is 4. The second kappa shape index (κ2) is 7.45. The monoisotopic (exact) mass is 367 g/mol. The molecule has 0 aliphatic heterocycles. The highest BCUT2D eigenvalue weighted by Gasteiger charge is 2.17. The lowest BCUT2D eigenvalue weighted by Gasteiger charge is -2.07. The first kappa shape index (κ1) is 18.4. The zero-order chi connectivity index (χ0) is 19.6. The van der Waals surface area contributed by atoms with Gasteiger partial charge in [0, 0.05) is 6.20 Å². The van der Waals surface area contributed by atoms with Crippen LogP contribution in [-0.2, 0) is 17.9 Å². The second-order valence-electron chi connectivity index (χ2n) is 6.47. The summed E-state index contributed by atoms with van der Waals surface area (Å²) in [5.74, 6) is -1.37. The van der Waals surface area contributed by atoms with Crippen LogP contribution in [0, 0.1) is 20.8 Å². The van der Waals surface area contributed by atoms with Crippen molar-refractivity contribution >= 4 is 17.6 Å². The Morgan fingerprint density at radius 1 is 1.22 bits per heavy atom. The lowest BCUT2D eigenvalue weighted by Crippen LogP contribution is -2.13. The molecule has 140 valence electrons. The number of anilines is 1. The molecule has 0 aliphatic rings. The van der Waals surface area contributed by atoms with Crippen LogP contribution in [0.5, 0.6) is 0 Å². The Balaban J connectivity index is 1.77. The van der Waals surface area contributed by atoms with Gasteiger partial charge in [-0.3, -0.25) is 19.0 Å². The highest BCUT2D eigenvalue weighted by molar-refractivity contribution is 6.04. The molecule has 0 saturated heterocycles. The molecular formula is C19H21N5O3. The number of hydrogen-bond donors (Lipinski definition) is 2. The number of carboxylic acids is 1. The van der Waals surface area contributed by atoms with Crippen LogP contribution in [0.25, 0.3) is 0 Å². The van der Waals surface area contributed by atoms with Gasteiger partial charge in [0.15, 0.2) is 0 Å². The summed E-state index contributed by atoms with van der Waals surface area (Å²) in [6.45, 7) is 6.10. The number of benzene rings is 1. The summed E-state index contributed by atoms with van der Waals surface area (Å²) in [7, 11) is 0. The van der Waals surface area contributed by atoms with E-state index in [-0.39, 0.29) is 12.5 Å². The molecule has 0 bridgehead atoms. The number of carbonyl (C=O) groups is 2. The summed E-state index contributed by atoms with van der Waals surface area (Å²) in [5.41, 5.74) is 4.82. The number of aryl methyl sites for hydroxylation is 2. The number of rotatable bonds is 6. The van der Waals surface area contributed by atoms with Crippen molar-refractivity contribution in [2.45, 2.75) is 33.9 Å². The molecule has 2 N–H and O–H groups in total. The Morgan fingerprint density at radius 2 is 2.00 bits per heavy atom. The third kappa shape index (κ3) is 4.22. The predicted molar refractivity (Wildman–Crippen MR) is 99.8 cm³/mol. The number of aliphatic carboxylic acids is 1. The Labute approximate surface area is 156 Å². The van der Waals surface area contributed by atoms with E-state index in [1.807, 2.05) is 43.7 Å². The number of nitrogens with one attached hydrogen (secondary N) is 1. The van der Waals surface area contributed by atoms with Crippen molar-refractivity contribution in [3.8, 4) is 0 Å². The van der Waals surface area contributed by atoms with Crippen molar-refractivity contribution in [3.63, 3.8) is 0 Å². The van der Waals surface area contributed by atoms with Crippen LogP contribution in [0.3, 0.4) is 0 Å². The summed E-state index contributed by atoms with van der Waals surface area (Å²) in [6.07, 6.45) is 2.76. The van der Waals surface area contributed by atoms with Gasteiger partial charge in [-0.25, -0.2) is 0 Å². The Morgan fingerprint density at radius 3 is 2.70 bits per heavy atom. The maximum atomic E-state index is 12.5. The zero-order valence-electron chi connectivity index (χ0n) is 15.4. The second-order valence-corrected chi connectivity index (χ2v) is 6.47. The summed E-state index contributed by atoms with van der Waals surface area (Å²) >= 11 is 0. The molecule has 8 heteroatoms. The van der Waals surface area contributed by atoms with E-state index in [9.17, 15) is 9.59 Å². The smallest absolute Gasteiger partial charge is 0.325 e. The molecule has 0 aliphatic carbocycles. The number of amides is 1. The average Bonchev–Trinajstić information content (AvgIpc) is 3.15. The molecule has 1 amide bonds. The molecule has 8 nitrogen and oxygen atoms in total. The molecule has 0 spiro atoms. The minimum atomic E-state index is -1.02. The van der Waals surface area contributed by atoms with Gasteiger partial charge in [0.05, 0.1) is 35.4 Å². The van der Waals surface area contributed by atoms with Crippen molar-refractivity contribution in [1.82, 2.24) is 19.6 Å². The van der Waals surface area contributed by atoms with E-state index in [1.165, 1.54) is 22.6 Å². The predicted octanol–water partition coefficient (Wildman–Crippen LogP) is 2.39. The lowest BCUT2D eigenvalue weighted by atomic mass is 10.1. The third-order valence-electron chi connectivity index (χ3n) is 4.23. The molecule has 0 fully saturated rings. The number of hydrogen-bond acceptors (Lipinski definition) is 4. The van der Waals surface area contributed by atoms with Gasteiger partial charge in [-0.15, -0.1) is 0 Å². The fraction of sp³-hybridized carbons (Fsp3) is 0.263. The van der Waals surface area contributed by atoms with Gasteiger partial charge >= 0.3 is 5.97 Å². The van der Waals surface area contributed by atoms with Gasteiger partial charge in [-0.05, 0) is 26.3 Å². The molecule has 3 rings (SSSR count). The molecule has 2 heterocycles. The molecule has 0 atom stereocenters. The van der Waals surface area contributed by atoms with Gasteiger partial charge in [0.25, 0.3) is 5.91 Å². The number of carbonyl (C=O) groups excluding carboxylic acids is 1. The molecular weight excluding hydrogens is 346 g/mol. The van der Waals surface area contributed by atoms with Crippen LogP contribution in [0.1, 0.15) is 32.9 Å². The van der Waals surface area contributed by atoms with Crippen molar-refractivity contribution < 1.29 is 14.7 Å². The molecule has 2 aromatic heterocycles. The molecule has 0 unspecified atom stereocenters. The van der Waals surface area contributed by atoms with E-state index in [2.05, 4.69) is 21.6 Å². The van der Waals surface area contributed by atoms with Crippen LogP contribution < -0.4 is 5.32 Å². The zero-order valence-corrected chi connectivity index (χ0v) is 15.4. The van der Waals surface area contributed by atoms with Gasteiger partial charge < -0.3 is 10.4 Å². The first-order valence-corrected chi connectivity index (χ1v) is 8.48. The number of carboxylic acid groups (broad SMARTS) is 1. The third-order valence-corrected chi connectivity index (χ3v) is 4.23. The maximum absolute atomic E-state index is 12.5. The van der Waals surface area contributed by atoms with Crippen LogP contribution >= 0.6 is 0 Å². The van der Waals surface area contributed by atoms with E-state index in [0.717, 1.165) is 11.3 Å². The van der Waals surface area contributed by atoms with E-state index in [4.69, 9.17) is 5.11 Å². The SMILES string of the molecule is Cc1cccc(Cn2nc(C)c(NC(=O)c3cnn(CC(=O)O)c3)c2C)c1. The summed E-state index contributed by atoms with van der Waals surface area (Å²) < 4.78 is 3.06. The van der Waals surface area contributed by atoms with E-state index in [1.54, 1.807) is 0 Å². The van der Waals surface area contributed by atoms with Gasteiger partial charge in [0.1, 0.15) is 6.54 Å². The van der Waals surface area contributed by atoms with Gasteiger partial charge in [-0.2, -0.15) is 10.2 Å². The summed E-state index contributed by atoms with van der Waals surface area (Å²) in [4.78, 5) is 23.2. The van der Waals surface area contributed by atoms with Crippen LogP contribution in [0.2, 0.25) is 0 Å². The molecule has 3 aromatic rings. The minimum absolute atomic E-state index is 0.292. The maximum Gasteiger partial charge on any atom is 0.325 e. The molecule has 0 saturated carbocycles. The van der Waals surface area contributed by atoms with E-state index >= 15 is 0 Å². The Kier molecular flexibility index (Phi) is 5.07. The Bertz CT molecular complexity index is 1000. The lowest BCUT2D eigenvalue weighted by molar-refractivity contribution is -0.137. The van der Waals surface area contributed by atoms with Crippen molar-refractivity contribution in [3.05, 3.63) is 64.7 Å². The first-order chi connectivity index (χ1) is 12.8. The van der Waals surface area contributed by atoms with Crippen LogP contribution in [0.15, 0.2) is 36.7 Å². The van der Waals surface area contributed by atoms with Gasteiger partial charge in [-0.1, -0.05) is 29.8 Å². The highest BCUT2D eigenvalue weighted by Crippen LogP contribution is 2.21. The van der Waals surface area contributed by atoms with E-state index < -0.39 is 5.97 Å². The fourth-order valence-corrected chi connectivity index (χ4v) is 2.91. The van der Waals surface area contributed by atoms with Crippen molar-refractivity contribution in [2.75, 3.05) is 5.32 Å². The van der Waals surface area contributed by atoms with Crippen molar-refractivity contribution in [1.29, 1.82) is 0 Å². The fourth-order valence-electron chi connectivity index (χ4n) is 2.91. The summed E-state index contributed by atoms with van der Waals surface area (Å²) in [6, 6.07) is 8.19. The normalized spacial score (nSPS) is 10.8. The highest BCUT2D eigenvalue weighted by atomic mass is 16.4. The topological polar surface area (TPSA) is 102 Å². The van der Waals surface area contributed by atoms with Crippen LogP contribution in [-0.4, -0.2) is 36.5 Å². The molecule has 1 aromatic carbocycles. The Hall–Kier alpha value is -3.42.